The second-order valence-electron chi connectivity index (χ2n) is 3.07. The minimum absolute atomic E-state index is 0.215. The minimum atomic E-state index is 0.215. The number of aliphatic hydroxyl groups excluding tert-OH is 1. The summed E-state index contributed by atoms with van der Waals surface area (Å²) < 4.78 is 0. The Labute approximate surface area is 78.6 Å². The first-order valence-electron chi connectivity index (χ1n) is 4.59. The lowest BCUT2D eigenvalue weighted by molar-refractivity contribution is 0.273. The van der Waals surface area contributed by atoms with Crippen molar-refractivity contribution in [1.29, 1.82) is 0 Å². The van der Waals surface area contributed by atoms with Gasteiger partial charge in [0.05, 0.1) is 0 Å². The first-order chi connectivity index (χ1) is 6.38. The van der Waals surface area contributed by atoms with E-state index in [4.69, 9.17) is 10.8 Å². The second-order valence-corrected chi connectivity index (χ2v) is 3.07. The maximum atomic E-state index is 8.87. The Bertz CT molecular complexity index is 220. The molecule has 0 fully saturated rings. The predicted octanol–water partition coefficient (Wildman–Crippen LogP) is 0.896. The van der Waals surface area contributed by atoms with E-state index in [0.717, 1.165) is 12.8 Å². The van der Waals surface area contributed by atoms with Crippen molar-refractivity contribution < 1.29 is 5.11 Å². The van der Waals surface area contributed by atoms with Crippen molar-refractivity contribution in [2.24, 2.45) is 5.73 Å². The topological polar surface area (TPSA) is 59.1 Å². The van der Waals surface area contributed by atoms with Crippen LogP contribution >= 0.6 is 0 Å². The summed E-state index contributed by atoms with van der Waals surface area (Å²) in [4.78, 5) is 3.95. The molecule has 0 saturated heterocycles. The maximum absolute atomic E-state index is 8.87. The predicted molar refractivity (Wildman–Crippen MR) is 52.4 cm³/mol. The van der Waals surface area contributed by atoms with Crippen molar-refractivity contribution in [2.45, 2.75) is 18.8 Å². The van der Waals surface area contributed by atoms with E-state index in [-0.39, 0.29) is 6.61 Å². The summed E-state index contributed by atoms with van der Waals surface area (Å²) in [6.07, 6.45) is 5.25. The molecule has 1 aromatic rings. The van der Waals surface area contributed by atoms with E-state index in [1.165, 1.54) is 5.56 Å². The van der Waals surface area contributed by atoms with Crippen LogP contribution in [0.2, 0.25) is 0 Å². The van der Waals surface area contributed by atoms with Gasteiger partial charge in [-0.2, -0.15) is 0 Å². The van der Waals surface area contributed by atoms with Gasteiger partial charge in [0.25, 0.3) is 0 Å². The van der Waals surface area contributed by atoms with Crippen LogP contribution in [-0.2, 0) is 0 Å². The van der Waals surface area contributed by atoms with Crippen LogP contribution in [0.5, 0.6) is 0 Å². The SMILES string of the molecule is NCC[C@H](CCO)c1ccncc1. The molecule has 3 nitrogen and oxygen atoms in total. The highest BCUT2D eigenvalue weighted by atomic mass is 16.3. The van der Waals surface area contributed by atoms with Gasteiger partial charge < -0.3 is 10.8 Å². The third-order valence-corrected chi connectivity index (χ3v) is 2.17. The largest absolute Gasteiger partial charge is 0.396 e. The number of nitrogens with zero attached hydrogens (tertiary/aromatic N) is 1. The summed E-state index contributed by atoms with van der Waals surface area (Å²) in [5.41, 5.74) is 6.72. The molecule has 0 aliphatic heterocycles. The van der Waals surface area contributed by atoms with Crippen LogP contribution in [-0.4, -0.2) is 23.2 Å². The molecule has 0 aliphatic carbocycles. The lowest BCUT2D eigenvalue weighted by Gasteiger charge is -2.14. The Kier molecular flexibility index (Phi) is 4.43. The average molecular weight is 180 g/mol. The zero-order valence-electron chi connectivity index (χ0n) is 7.69. The highest BCUT2D eigenvalue weighted by Crippen LogP contribution is 2.21. The van der Waals surface area contributed by atoms with Crippen molar-refractivity contribution in [3.05, 3.63) is 30.1 Å². The van der Waals surface area contributed by atoms with Gasteiger partial charge in [0.1, 0.15) is 0 Å². The summed E-state index contributed by atoms with van der Waals surface area (Å²) in [7, 11) is 0. The number of aromatic nitrogens is 1. The fraction of sp³-hybridized carbons (Fsp3) is 0.500. The van der Waals surface area contributed by atoms with Crippen LogP contribution < -0.4 is 5.73 Å². The number of pyridine rings is 1. The summed E-state index contributed by atoms with van der Waals surface area (Å²) >= 11 is 0. The molecule has 0 aromatic carbocycles. The highest BCUT2D eigenvalue weighted by Gasteiger charge is 2.08. The van der Waals surface area contributed by atoms with E-state index in [1.54, 1.807) is 12.4 Å². The molecule has 0 unspecified atom stereocenters. The standard InChI is InChI=1S/C10H16N2O/c11-5-1-9(4-8-13)10-2-6-12-7-3-10/h2-3,6-7,9,13H,1,4-5,8,11H2/t9-/m1/s1. The van der Waals surface area contributed by atoms with Gasteiger partial charge in [-0.1, -0.05) is 0 Å². The molecule has 3 heteroatoms. The molecule has 72 valence electrons. The first-order valence-corrected chi connectivity index (χ1v) is 4.59. The van der Waals surface area contributed by atoms with E-state index in [0.29, 0.717) is 12.5 Å². The van der Waals surface area contributed by atoms with Crippen molar-refractivity contribution in [1.82, 2.24) is 4.98 Å². The molecule has 1 heterocycles. The van der Waals surface area contributed by atoms with Crippen LogP contribution in [0.1, 0.15) is 24.3 Å². The zero-order valence-corrected chi connectivity index (χ0v) is 7.69. The van der Waals surface area contributed by atoms with Gasteiger partial charge in [-0.25, -0.2) is 0 Å². The Morgan fingerprint density at radius 1 is 1.31 bits per heavy atom. The molecule has 0 spiro atoms. The molecule has 3 N–H and O–H groups in total. The number of hydrogen-bond acceptors (Lipinski definition) is 3. The van der Waals surface area contributed by atoms with E-state index in [9.17, 15) is 0 Å². The van der Waals surface area contributed by atoms with E-state index >= 15 is 0 Å². The van der Waals surface area contributed by atoms with Crippen LogP contribution in [0.25, 0.3) is 0 Å². The highest BCUT2D eigenvalue weighted by molar-refractivity contribution is 5.15. The number of rotatable bonds is 5. The number of aliphatic hydroxyl groups is 1. The van der Waals surface area contributed by atoms with Gasteiger partial charge in [0.2, 0.25) is 0 Å². The smallest absolute Gasteiger partial charge is 0.0436 e. The zero-order chi connectivity index (χ0) is 9.52. The molecule has 1 atom stereocenters. The molecule has 0 aliphatic rings. The van der Waals surface area contributed by atoms with E-state index in [1.807, 2.05) is 12.1 Å². The molecule has 1 aromatic heterocycles. The number of nitrogens with two attached hydrogens (primary N) is 1. The minimum Gasteiger partial charge on any atom is -0.396 e. The molecular weight excluding hydrogens is 164 g/mol. The lowest BCUT2D eigenvalue weighted by Crippen LogP contribution is -2.09. The van der Waals surface area contributed by atoms with Gasteiger partial charge in [-0.15, -0.1) is 0 Å². The van der Waals surface area contributed by atoms with Gasteiger partial charge in [0.15, 0.2) is 0 Å². The Morgan fingerprint density at radius 3 is 2.54 bits per heavy atom. The van der Waals surface area contributed by atoms with E-state index in [2.05, 4.69) is 4.98 Å². The summed E-state index contributed by atoms with van der Waals surface area (Å²) in [6, 6.07) is 3.96. The van der Waals surface area contributed by atoms with Gasteiger partial charge in [0, 0.05) is 19.0 Å². The summed E-state index contributed by atoms with van der Waals surface area (Å²) in [5, 5.41) is 8.87. The van der Waals surface area contributed by atoms with Crippen LogP contribution in [0.4, 0.5) is 0 Å². The fourth-order valence-corrected chi connectivity index (χ4v) is 1.47. The van der Waals surface area contributed by atoms with Gasteiger partial charge in [-0.05, 0) is 43.0 Å². The Hall–Kier alpha value is -0.930. The molecule has 0 bridgehead atoms. The van der Waals surface area contributed by atoms with Crippen molar-refractivity contribution in [3.8, 4) is 0 Å². The normalized spacial score (nSPS) is 12.8. The molecule has 0 saturated carbocycles. The average Bonchev–Trinajstić information content (AvgIpc) is 2.19. The molecular formula is C10H16N2O. The summed E-state index contributed by atoms with van der Waals surface area (Å²) in [5.74, 6) is 0.373. The van der Waals surface area contributed by atoms with Gasteiger partial charge in [-0.3, -0.25) is 4.98 Å². The van der Waals surface area contributed by atoms with E-state index < -0.39 is 0 Å². The quantitative estimate of drug-likeness (QED) is 0.707. The Morgan fingerprint density at radius 2 is 2.00 bits per heavy atom. The van der Waals surface area contributed by atoms with Crippen LogP contribution in [0, 0.1) is 0 Å². The van der Waals surface area contributed by atoms with Crippen molar-refractivity contribution >= 4 is 0 Å². The molecule has 0 radical (unpaired) electrons. The molecule has 13 heavy (non-hydrogen) atoms. The number of hydrogen-bond donors (Lipinski definition) is 2. The lowest BCUT2D eigenvalue weighted by atomic mass is 9.94. The molecule has 1 rings (SSSR count). The van der Waals surface area contributed by atoms with Crippen LogP contribution in [0.3, 0.4) is 0 Å². The maximum Gasteiger partial charge on any atom is 0.0436 e. The van der Waals surface area contributed by atoms with Crippen LogP contribution in [0.15, 0.2) is 24.5 Å². The summed E-state index contributed by atoms with van der Waals surface area (Å²) in [6.45, 7) is 0.875. The first kappa shape index (κ1) is 10.2. The van der Waals surface area contributed by atoms with Crippen molar-refractivity contribution in [3.63, 3.8) is 0 Å². The second kappa shape index (κ2) is 5.67. The van der Waals surface area contributed by atoms with Gasteiger partial charge >= 0.3 is 0 Å². The van der Waals surface area contributed by atoms with Crippen molar-refractivity contribution in [2.75, 3.05) is 13.2 Å². The Balaban J connectivity index is 2.64. The fourth-order valence-electron chi connectivity index (χ4n) is 1.47. The third kappa shape index (κ3) is 3.13. The third-order valence-electron chi connectivity index (χ3n) is 2.17. The molecule has 0 amide bonds. The monoisotopic (exact) mass is 180 g/mol.